The van der Waals surface area contributed by atoms with Crippen LogP contribution in [0.4, 0.5) is 10.5 Å². The first-order valence-electron chi connectivity index (χ1n) is 15.8. The number of rotatable bonds is 11. The number of nitrogens with one attached hydrogen (secondary N) is 1. The molecule has 9 heteroatoms. The highest BCUT2D eigenvalue weighted by Gasteiger charge is 2.40. The lowest BCUT2D eigenvalue weighted by Gasteiger charge is -2.39. The summed E-state index contributed by atoms with van der Waals surface area (Å²) in [6.07, 6.45) is 5.41. The van der Waals surface area contributed by atoms with Crippen molar-refractivity contribution >= 4 is 17.6 Å². The van der Waals surface area contributed by atoms with Crippen molar-refractivity contribution < 1.29 is 14.5 Å². The zero-order valence-corrected chi connectivity index (χ0v) is 26.0. The summed E-state index contributed by atoms with van der Waals surface area (Å²) in [5.41, 5.74) is 2.90. The maximum Gasteiger partial charge on any atom is 0.318 e. The van der Waals surface area contributed by atoms with E-state index in [0.717, 1.165) is 56.4 Å². The average molecular weight is 610 g/mol. The van der Waals surface area contributed by atoms with Gasteiger partial charge in [-0.25, -0.2) is 4.79 Å². The number of nitrogens with zero attached hydrogens (tertiary/aromatic N) is 4. The first-order chi connectivity index (χ1) is 21.8. The van der Waals surface area contributed by atoms with Crippen LogP contribution in [-0.4, -0.2) is 76.9 Å². The Kier molecular flexibility index (Phi) is 10.6. The molecule has 0 spiro atoms. The number of hydrogen-bond acceptors (Lipinski definition) is 5. The van der Waals surface area contributed by atoms with E-state index in [1.54, 1.807) is 18.2 Å². The normalized spacial score (nSPS) is 20.3. The number of carbonyl (C=O) groups is 2. The Hall–Kier alpha value is -4.50. The Morgan fingerprint density at radius 2 is 1.60 bits per heavy atom. The van der Waals surface area contributed by atoms with Gasteiger partial charge in [0.05, 0.1) is 4.92 Å². The molecule has 3 amide bonds. The molecule has 1 N–H and O–H groups in total. The van der Waals surface area contributed by atoms with E-state index >= 15 is 0 Å². The molecule has 45 heavy (non-hydrogen) atoms. The van der Waals surface area contributed by atoms with Gasteiger partial charge in [0.1, 0.15) is 0 Å². The third-order valence-corrected chi connectivity index (χ3v) is 9.45. The molecule has 9 nitrogen and oxygen atoms in total. The lowest BCUT2D eigenvalue weighted by molar-refractivity contribution is -0.384. The largest absolute Gasteiger partial charge is 0.339 e. The number of carbonyl (C=O) groups excluding carboxylic acids is 2. The Balaban J connectivity index is 1.18. The average Bonchev–Trinajstić information content (AvgIpc) is 3.50. The molecule has 1 aliphatic heterocycles. The number of nitro groups is 1. The van der Waals surface area contributed by atoms with Gasteiger partial charge >= 0.3 is 6.03 Å². The van der Waals surface area contributed by atoms with Gasteiger partial charge in [0, 0.05) is 69.6 Å². The topological polar surface area (TPSA) is 99.0 Å². The van der Waals surface area contributed by atoms with Gasteiger partial charge < -0.3 is 20.0 Å². The zero-order chi connectivity index (χ0) is 31.8. The molecule has 236 valence electrons. The van der Waals surface area contributed by atoms with E-state index in [1.807, 2.05) is 47.2 Å². The summed E-state index contributed by atoms with van der Waals surface area (Å²) in [7, 11) is 1.94. The molecule has 1 heterocycles. The predicted octanol–water partition coefficient (Wildman–Crippen LogP) is 6.09. The zero-order valence-electron chi connectivity index (χ0n) is 26.0. The Morgan fingerprint density at radius 3 is 2.22 bits per heavy atom. The standard InChI is InChI=1S/C36H43N5O4/c1-3-20-40(36(43)37-25-27-14-16-32(17-15-27)41(44)45)31-18-21-39(22-19-31)26-30-23-33(24-34(30)28-10-6-4-7-11-28)38(2)35(42)29-12-8-5-9-13-29/h3-17,30-31,33-34H,1,18-26H2,2H3,(H,37,43). The quantitative estimate of drug-likeness (QED) is 0.161. The number of benzene rings is 3. The van der Waals surface area contributed by atoms with Crippen molar-refractivity contribution in [2.24, 2.45) is 5.92 Å². The van der Waals surface area contributed by atoms with Gasteiger partial charge in [-0.15, -0.1) is 6.58 Å². The van der Waals surface area contributed by atoms with E-state index in [2.05, 4.69) is 47.1 Å². The third kappa shape index (κ3) is 7.97. The molecule has 1 saturated carbocycles. The minimum atomic E-state index is -0.432. The highest BCUT2D eigenvalue weighted by molar-refractivity contribution is 5.94. The summed E-state index contributed by atoms with van der Waals surface area (Å²) in [4.78, 5) is 43.3. The third-order valence-electron chi connectivity index (χ3n) is 9.45. The molecule has 1 saturated heterocycles. The van der Waals surface area contributed by atoms with Gasteiger partial charge in [-0.05, 0) is 60.8 Å². The highest BCUT2D eigenvalue weighted by Crippen LogP contribution is 2.42. The summed E-state index contributed by atoms with van der Waals surface area (Å²) in [6, 6.07) is 26.6. The van der Waals surface area contributed by atoms with Crippen LogP contribution in [-0.2, 0) is 6.54 Å². The molecule has 3 aromatic rings. The second kappa shape index (κ2) is 15.0. The number of piperidine rings is 1. The highest BCUT2D eigenvalue weighted by atomic mass is 16.6. The SMILES string of the molecule is C=CCN(C(=O)NCc1ccc([N+](=O)[O-])cc1)C1CCN(CC2CC(N(C)C(=O)c3ccccc3)CC2c2ccccc2)CC1. The van der Waals surface area contributed by atoms with Gasteiger partial charge in [0.25, 0.3) is 11.6 Å². The van der Waals surface area contributed by atoms with Crippen LogP contribution in [0.3, 0.4) is 0 Å². The molecule has 0 bridgehead atoms. The molecule has 3 unspecified atom stereocenters. The monoisotopic (exact) mass is 609 g/mol. The Morgan fingerprint density at radius 1 is 0.956 bits per heavy atom. The lowest BCUT2D eigenvalue weighted by atomic mass is 9.88. The van der Waals surface area contributed by atoms with Crippen LogP contribution in [0.15, 0.2) is 97.6 Å². The van der Waals surface area contributed by atoms with Crippen molar-refractivity contribution in [1.29, 1.82) is 0 Å². The van der Waals surface area contributed by atoms with Crippen molar-refractivity contribution in [2.75, 3.05) is 33.2 Å². The molecule has 3 aromatic carbocycles. The molecule has 0 aromatic heterocycles. The van der Waals surface area contributed by atoms with Gasteiger partial charge in [0.15, 0.2) is 0 Å². The lowest BCUT2D eigenvalue weighted by Crippen LogP contribution is -2.51. The fourth-order valence-electron chi connectivity index (χ4n) is 6.97. The van der Waals surface area contributed by atoms with E-state index in [1.165, 1.54) is 17.7 Å². The fourth-order valence-corrected chi connectivity index (χ4v) is 6.97. The van der Waals surface area contributed by atoms with E-state index in [9.17, 15) is 19.7 Å². The molecule has 0 radical (unpaired) electrons. The first-order valence-corrected chi connectivity index (χ1v) is 15.8. The minimum absolute atomic E-state index is 0.0287. The van der Waals surface area contributed by atoms with Crippen molar-refractivity contribution in [1.82, 2.24) is 20.0 Å². The van der Waals surface area contributed by atoms with Crippen molar-refractivity contribution in [2.45, 2.75) is 50.2 Å². The van der Waals surface area contributed by atoms with Crippen molar-refractivity contribution in [3.63, 3.8) is 0 Å². The summed E-state index contributed by atoms with van der Waals surface area (Å²) in [6.45, 7) is 7.39. The minimum Gasteiger partial charge on any atom is -0.339 e. The Bertz CT molecular complexity index is 1440. The molecule has 2 fully saturated rings. The van der Waals surface area contributed by atoms with E-state index in [4.69, 9.17) is 0 Å². The number of amides is 3. The van der Waals surface area contributed by atoms with Gasteiger partial charge in [-0.1, -0.05) is 66.7 Å². The van der Waals surface area contributed by atoms with Crippen LogP contribution in [0.1, 0.15) is 53.1 Å². The maximum absolute atomic E-state index is 13.3. The van der Waals surface area contributed by atoms with Crippen LogP contribution in [0.5, 0.6) is 0 Å². The second-order valence-corrected chi connectivity index (χ2v) is 12.2. The Labute approximate surface area is 265 Å². The van der Waals surface area contributed by atoms with Crippen LogP contribution in [0.25, 0.3) is 0 Å². The smallest absolute Gasteiger partial charge is 0.318 e. The summed E-state index contributed by atoms with van der Waals surface area (Å²) < 4.78 is 0. The van der Waals surface area contributed by atoms with E-state index in [0.29, 0.717) is 24.9 Å². The first kappa shape index (κ1) is 31.9. The molecule has 5 rings (SSSR count). The molecular weight excluding hydrogens is 566 g/mol. The number of urea groups is 1. The van der Waals surface area contributed by atoms with Crippen molar-refractivity contribution in [3.05, 3.63) is 124 Å². The second-order valence-electron chi connectivity index (χ2n) is 12.2. The number of nitro benzene ring substituents is 1. The summed E-state index contributed by atoms with van der Waals surface area (Å²) >= 11 is 0. The van der Waals surface area contributed by atoms with Gasteiger partial charge in [0.2, 0.25) is 0 Å². The number of non-ortho nitro benzene ring substituents is 1. The maximum atomic E-state index is 13.3. The van der Waals surface area contributed by atoms with Crippen LogP contribution < -0.4 is 5.32 Å². The molecular formula is C36H43N5O4. The molecule has 2 aliphatic rings. The van der Waals surface area contributed by atoms with Crippen LogP contribution >= 0.6 is 0 Å². The fraction of sp³-hybridized carbons (Fsp3) is 0.389. The predicted molar refractivity (Wildman–Crippen MR) is 176 cm³/mol. The summed E-state index contributed by atoms with van der Waals surface area (Å²) in [5.74, 6) is 0.875. The van der Waals surface area contributed by atoms with Gasteiger partial charge in [-0.3, -0.25) is 14.9 Å². The van der Waals surface area contributed by atoms with Crippen LogP contribution in [0, 0.1) is 16.0 Å². The number of likely N-dealkylation sites (tertiary alicyclic amines) is 1. The van der Waals surface area contributed by atoms with E-state index < -0.39 is 4.92 Å². The molecule has 3 atom stereocenters. The van der Waals surface area contributed by atoms with Crippen molar-refractivity contribution in [3.8, 4) is 0 Å². The van der Waals surface area contributed by atoms with Crippen LogP contribution in [0.2, 0.25) is 0 Å². The molecule has 1 aliphatic carbocycles. The summed E-state index contributed by atoms with van der Waals surface area (Å²) in [5, 5.41) is 13.9. The number of hydrogen-bond donors (Lipinski definition) is 1. The van der Waals surface area contributed by atoms with E-state index in [-0.39, 0.29) is 29.7 Å². The van der Waals surface area contributed by atoms with Gasteiger partial charge in [-0.2, -0.15) is 0 Å².